The zero-order valence-corrected chi connectivity index (χ0v) is 10.5. The van der Waals surface area contributed by atoms with Crippen LogP contribution in [-0.4, -0.2) is 36.1 Å². The van der Waals surface area contributed by atoms with E-state index in [9.17, 15) is 4.79 Å². The fourth-order valence-corrected chi connectivity index (χ4v) is 2.99. The number of nitrogens with zero attached hydrogens (tertiary/aromatic N) is 1. The molecule has 0 aromatic heterocycles. The van der Waals surface area contributed by atoms with Gasteiger partial charge in [0.2, 0.25) is 5.91 Å². The summed E-state index contributed by atoms with van der Waals surface area (Å²) in [5.41, 5.74) is 8.39. The van der Waals surface area contributed by atoms with Crippen LogP contribution in [0.4, 0.5) is 0 Å². The number of amides is 1. The van der Waals surface area contributed by atoms with Gasteiger partial charge in [-0.1, -0.05) is 24.3 Å². The summed E-state index contributed by atoms with van der Waals surface area (Å²) in [4.78, 5) is 14.3. The lowest BCUT2D eigenvalue weighted by molar-refractivity contribution is -0.146. The van der Waals surface area contributed by atoms with Gasteiger partial charge in [0.05, 0.1) is 31.3 Å². The normalized spacial score (nSPS) is 31.6. The van der Waals surface area contributed by atoms with E-state index in [1.807, 2.05) is 24.0 Å². The lowest BCUT2D eigenvalue weighted by atomic mass is 9.97. The smallest absolute Gasteiger partial charge is 0.240 e. The van der Waals surface area contributed by atoms with Crippen molar-refractivity contribution in [3.8, 4) is 0 Å². The predicted octanol–water partition coefficient (Wildman–Crippen LogP) is 0.858. The summed E-state index contributed by atoms with van der Waals surface area (Å²) in [6.45, 7) is 3.18. The summed E-state index contributed by atoms with van der Waals surface area (Å²) in [5.74, 6) is 0.0481. The Bertz CT molecular complexity index is 475. The zero-order chi connectivity index (χ0) is 12.7. The van der Waals surface area contributed by atoms with Gasteiger partial charge >= 0.3 is 0 Å². The van der Waals surface area contributed by atoms with Crippen LogP contribution in [0.2, 0.25) is 0 Å². The molecule has 2 N–H and O–H groups in total. The van der Waals surface area contributed by atoms with Crippen molar-refractivity contribution < 1.29 is 9.53 Å². The summed E-state index contributed by atoms with van der Waals surface area (Å²) in [6.07, 6.45) is 0.620. The van der Waals surface area contributed by atoms with Gasteiger partial charge in [-0.25, -0.2) is 0 Å². The van der Waals surface area contributed by atoms with E-state index in [4.69, 9.17) is 10.5 Å². The molecular weight excluding hydrogens is 228 g/mol. The molecule has 18 heavy (non-hydrogen) atoms. The summed E-state index contributed by atoms with van der Waals surface area (Å²) in [6, 6.07) is 7.83. The highest BCUT2D eigenvalue weighted by Crippen LogP contribution is 2.33. The van der Waals surface area contributed by atoms with Crippen molar-refractivity contribution in [3.05, 3.63) is 35.4 Å². The molecule has 96 valence electrons. The van der Waals surface area contributed by atoms with Crippen molar-refractivity contribution in [3.63, 3.8) is 0 Å². The van der Waals surface area contributed by atoms with Crippen LogP contribution in [-0.2, 0) is 16.0 Å². The third kappa shape index (κ3) is 1.72. The molecule has 1 fully saturated rings. The van der Waals surface area contributed by atoms with Crippen molar-refractivity contribution in [2.24, 2.45) is 5.73 Å². The van der Waals surface area contributed by atoms with E-state index in [1.54, 1.807) is 0 Å². The molecule has 3 rings (SSSR count). The van der Waals surface area contributed by atoms with Crippen LogP contribution in [0.15, 0.2) is 24.3 Å². The van der Waals surface area contributed by atoms with Crippen LogP contribution >= 0.6 is 0 Å². The number of ether oxygens (including phenoxy) is 1. The Morgan fingerprint density at radius 3 is 2.94 bits per heavy atom. The highest BCUT2D eigenvalue weighted by Gasteiger charge is 2.39. The van der Waals surface area contributed by atoms with Gasteiger partial charge in [0.1, 0.15) is 0 Å². The van der Waals surface area contributed by atoms with Crippen LogP contribution < -0.4 is 5.73 Å². The van der Waals surface area contributed by atoms with Crippen molar-refractivity contribution >= 4 is 5.91 Å². The average molecular weight is 246 g/mol. The molecule has 0 spiro atoms. The highest BCUT2D eigenvalue weighted by atomic mass is 16.5. The minimum atomic E-state index is -0.434. The molecule has 1 aromatic carbocycles. The highest BCUT2D eigenvalue weighted by molar-refractivity contribution is 5.83. The van der Waals surface area contributed by atoms with Crippen LogP contribution in [0.1, 0.15) is 24.1 Å². The lowest BCUT2D eigenvalue weighted by Gasteiger charge is -2.40. The van der Waals surface area contributed by atoms with Gasteiger partial charge in [-0.3, -0.25) is 4.79 Å². The third-order valence-corrected chi connectivity index (χ3v) is 3.87. The lowest BCUT2D eigenvalue weighted by Crippen LogP contribution is -2.53. The number of rotatable bonds is 0. The molecule has 1 saturated heterocycles. The van der Waals surface area contributed by atoms with Gasteiger partial charge in [0.15, 0.2) is 0 Å². The minimum Gasteiger partial charge on any atom is -0.377 e. The fraction of sp³-hybridized carbons (Fsp3) is 0.500. The molecule has 2 aliphatic rings. The largest absolute Gasteiger partial charge is 0.377 e. The molecule has 3 atom stereocenters. The van der Waals surface area contributed by atoms with E-state index in [0.29, 0.717) is 19.6 Å². The number of morpholine rings is 1. The molecule has 4 heteroatoms. The molecular formula is C14H18N2O2. The Morgan fingerprint density at radius 1 is 1.33 bits per heavy atom. The Hall–Kier alpha value is -1.39. The van der Waals surface area contributed by atoms with E-state index < -0.39 is 6.04 Å². The number of carbonyl (C=O) groups excluding carboxylic acids is 1. The van der Waals surface area contributed by atoms with Gasteiger partial charge in [-0.05, 0) is 24.5 Å². The topological polar surface area (TPSA) is 55.6 Å². The first-order chi connectivity index (χ1) is 8.68. The summed E-state index contributed by atoms with van der Waals surface area (Å²) < 4.78 is 5.61. The van der Waals surface area contributed by atoms with Crippen LogP contribution in [0, 0.1) is 0 Å². The van der Waals surface area contributed by atoms with E-state index in [1.165, 1.54) is 11.1 Å². The molecule has 0 saturated carbocycles. The monoisotopic (exact) mass is 246 g/mol. The fourth-order valence-electron chi connectivity index (χ4n) is 2.99. The quantitative estimate of drug-likeness (QED) is 0.738. The van der Waals surface area contributed by atoms with E-state index >= 15 is 0 Å². The van der Waals surface area contributed by atoms with Gasteiger partial charge in [-0.2, -0.15) is 0 Å². The van der Waals surface area contributed by atoms with E-state index in [0.717, 1.165) is 0 Å². The molecule has 1 amide bonds. The molecule has 2 unspecified atom stereocenters. The van der Waals surface area contributed by atoms with Crippen molar-refractivity contribution in [2.75, 3.05) is 13.2 Å². The number of carbonyl (C=O) groups is 1. The number of nitrogens with two attached hydrogens (primary N) is 1. The summed E-state index contributed by atoms with van der Waals surface area (Å²) in [7, 11) is 0. The van der Waals surface area contributed by atoms with E-state index in [2.05, 4.69) is 12.1 Å². The van der Waals surface area contributed by atoms with Crippen molar-refractivity contribution in [1.29, 1.82) is 0 Å². The number of fused-ring (bicyclic) bond motifs is 3. The Labute approximate surface area is 107 Å². The van der Waals surface area contributed by atoms with Crippen LogP contribution in [0.25, 0.3) is 0 Å². The van der Waals surface area contributed by atoms with Gasteiger partial charge < -0.3 is 15.4 Å². The first-order valence-electron chi connectivity index (χ1n) is 6.42. The maximum Gasteiger partial charge on any atom is 0.240 e. The number of hydrogen-bond acceptors (Lipinski definition) is 3. The second-order valence-corrected chi connectivity index (χ2v) is 5.16. The first-order valence-corrected chi connectivity index (χ1v) is 6.42. The number of hydrogen-bond donors (Lipinski definition) is 1. The molecule has 1 aromatic rings. The Balaban J connectivity index is 2.10. The molecule has 0 aliphatic carbocycles. The molecule has 2 heterocycles. The van der Waals surface area contributed by atoms with E-state index in [-0.39, 0.29) is 18.0 Å². The standard InChI is InChI=1S/C14H18N2O2/c1-9-7-18-8-13-11-5-3-2-4-10(11)6-12(15)14(17)16(9)13/h2-5,9,12-13H,6-8,15H2,1H3/t9-,12?,13?/m1/s1. The maximum atomic E-state index is 12.4. The van der Waals surface area contributed by atoms with Crippen molar-refractivity contribution in [1.82, 2.24) is 4.90 Å². The molecule has 0 bridgehead atoms. The second-order valence-electron chi connectivity index (χ2n) is 5.16. The van der Waals surface area contributed by atoms with Gasteiger partial charge in [-0.15, -0.1) is 0 Å². The maximum absolute atomic E-state index is 12.4. The van der Waals surface area contributed by atoms with Crippen molar-refractivity contribution in [2.45, 2.75) is 31.5 Å². The van der Waals surface area contributed by atoms with Gasteiger partial charge in [0, 0.05) is 0 Å². The van der Waals surface area contributed by atoms with Gasteiger partial charge in [0.25, 0.3) is 0 Å². The number of benzene rings is 1. The zero-order valence-electron chi connectivity index (χ0n) is 10.5. The summed E-state index contributed by atoms with van der Waals surface area (Å²) in [5, 5.41) is 0. The SMILES string of the molecule is C[C@@H]1COCC2c3ccccc3CC(N)C(=O)N21. The second kappa shape index (κ2) is 4.37. The van der Waals surface area contributed by atoms with Crippen LogP contribution in [0.5, 0.6) is 0 Å². The Kier molecular flexibility index (Phi) is 2.84. The first kappa shape index (κ1) is 11.7. The third-order valence-electron chi connectivity index (χ3n) is 3.87. The predicted molar refractivity (Wildman–Crippen MR) is 68.0 cm³/mol. The molecule has 2 aliphatic heterocycles. The van der Waals surface area contributed by atoms with Crippen LogP contribution in [0.3, 0.4) is 0 Å². The molecule has 0 radical (unpaired) electrons. The Morgan fingerprint density at radius 2 is 2.11 bits per heavy atom. The minimum absolute atomic E-state index is 0.0194. The molecule has 4 nitrogen and oxygen atoms in total. The average Bonchev–Trinajstić information content (AvgIpc) is 2.48. The summed E-state index contributed by atoms with van der Waals surface area (Å²) >= 11 is 0.